The standard InChI is InChI=1S/C15H23N3OS2/c1-9-8-17(2)6-7-18(9)15-14(20-3)11(16)13(21-15)12(19)10-4-5-10/h9-10H,4-8,16H2,1-3H3. The lowest BCUT2D eigenvalue weighted by atomic mass is 10.2. The van der Waals surface area contributed by atoms with E-state index < -0.39 is 0 Å². The monoisotopic (exact) mass is 325 g/mol. The van der Waals surface area contributed by atoms with E-state index in [0.717, 1.165) is 42.2 Å². The average molecular weight is 326 g/mol. The minimum absolute atomic E-state index is 0.235. The Morgan fingerprint density at radius 3 is 2.67 bits per heavy atom. The van der Waals surface area contributed by atoms with Crippen molar-refractivity contribution in [2.24, 2.45) is 5.92 Å². The summed E-state index contributed by atoms with van der Waals surface area (Å²) in [5.41, 5.74) is 7.01. The molecule has 2 heterocycles. The van der Waals surface area contributed by atoms with Gasteiger partial charge in [-0.2, -0.15) is 0 Å². The molecule has 1 atom stereocenters. The second-order valence-electron chi connectivity index (χ2n) is 6.13. The molecule has 0 amide bonds. The van der Waals surface area contributed by atoms with Crippen LogP contribution in [0.4, 0.5) is 10.7 Å². The second kappa shape index (κ2) is 5.82. The van der Waals surface area contributed by atoms with Crippen molar-refractivity contribution >= 4 is 39.6 Å². The number of nitrogen functional groups attached to an aromatic ring is 1. The zero-order valence-electron chi connectivity index (χ0n) is 12.9. The number of piperazine rings is 1. The number of carbonyl (C=O) groups excluding carboxylic acids is 1. The number of nitrogens with two attached hydrogens (primary N) is 1. The Morgan fingerprint density at radius 1 is 1.38 bits per heavy atom. The third kappa shape index (κ3) is 2.81. The molecule has 1 aliphatic heterocycles. The fourth-order valence-corrected chi connectivity index (χ4v) is 5.28. The summed E-state index contributed by atoms with van der Waals surface area (Å²) >= 11 is 3.28. The Morgan fingerprint density at radius 2 is 2.10 bits per heavy atom. The van der Waals surface area contributed by atoms with Crippen molar-refractivity contribution < 1.29 is 4.79 Å². The maximum Gasteiger partial charge on any atom is 0.178 e. The third-order valence-electron chi connectivity index (χ3n) is 4.35. The number of hydrogen-bond acceptors (Lipinski definition) is 6. The Hall–Kier alpha value is -0.720. The molecule has 6 heteroatoms. The number of anilines is 2. The average Bonchev–Trinajstić information content (AvgIpc) is 3.23. The van der Waals surface area contributed by atoms with Crippen molar-refractivity contribution in [3.05, 3.63) is 4.88 Å². The molecule has 2 fully saturated rings. The van der Waals surface area contributed by atoms with Crippen LogP contribution in [0, 0.1) is 5.92 Å². The van der Waals surface area contributed by atoms with Gasteiger partial charge in [-0.25, -0.2) is 0 Å². The van der Waals surface area contributed by atoms with E-state index in [0.29, 0.717) is 11.7 Å². The summed E-state index contributed by atoms with van der Waals surface area (Å²) < 4.78 is 0. The fraction of sp³-hybridized carbons (Fsp3) is 0.667. The largest absolute Gasteiger partial charge is 0.396 e. The molecular weight excluding hydrogens is 302 g/mol. The summed E-state index contributed by atoms with van der Waals surface area (Å²) in [6, 6.07) is 0.455. The van der Waals surface area contributed by atoms with E-state index in [2.05, 4.69) is 23.8 Å². The highest BCUT2D eigenvalue weighted by molar-refractivity contribution is 7.99. The van der Waals surface area contributed by atoms with Gasteiger partial charge in [0.15, 0.2) is 5.78 Å². The molecule has 1 aromatic rings. The minimum Gasteiger partial charge on any atom is -0.396 e. The van der Waals surface area contributed by atoms with Crippen LogP contribution in [-0.2, 0) is 0 Å². The Kier molecular flexibility index (Phi) is 4.21. The van der Waals surface area contributed by atoms with Gasteiger partial charge in [0, 0.05) is 31.6 Å². The number of thioether (sulfide) groups is 1. The highest BCUT2D eigenvalue weighted by Gasteiger charge is 2.35. The van der Waals surface area contributed by atoms with Crippen LogP contribution in [-0.4, -0.2) is 49.7 Å². The molecule has 1 unspecified atom stereocenters. The van der Waals surface area contributed by atoms with Gasteiger partial charge in [-0.3, -0.25) is 4.79 Å². The first-order valence-corrected chi connectivity index (χ1v) is 9.52. The molecule has 2 N–H and O–H groups in total. The van der Waals surface area contributed by atoms with Gasteiger partial charge in [-0.15, -0.1) is 23.1 Å². The molecule has 1 saturated carbocycles. The van der Waals surface area contributed by atoms with Gasteiger partial charge in [0.2, 0.25) is 0 Å². The van der Waals surface area contributed by atoms with E-state index in [9.17, 15) is 4.79 Å². The van der Waals surface area contributed by atoms with Crippen LogP contribution in [0.1, 0.15) is 29.4 Å². The zero-order chi connectivity index (χ0) is 15.1. The van der Waals surface area contributed by atoms with Crippen molar-refractivity contribution in [2.75, 3.05) is 43.6 Å². The third-order valence-corrected chi connectivity index (χ3v) is 6.56. The summed E-state index contributed by atoms with van der Waals surface area (Å²) in [7, 11) is 2.16. The predicted octanol–water partition coefficient (Wildman–Crippen LogP) is 2.79. The highest BCUT2D eigenvalue weighted by atomic mass is 32.2. The Bertz CT molecular complexity index is 553. The van der Waals surface area contributed by atoms with Crippen LogP contribution in [0.15, 0.2) is 4.90 Å². The summed E-state index contributed by atoms with van der Waals surface area (Å²) in [6.07, 6.45) is 4.12. The molecule has 0 radical (unpaired) electrons. The van der Waals surface area contributed by atoms with Crippen LogP contribution < -0.4 is 10.6 Å². The topological polar surface area (TPSA) is 49.6 Å². The number of rotatable bonds is 4. The first-order chi connectivity index (χ1) is 10.0. The molecule has 0 spiro atoms. The van der Waals surface area contributed by atoms with Gasteiger partial charge in [-0.1, -0.05) is 0 Å². The lowest BCUT2D eigenvalue weighted by Crippen LogP contribution is -2.50. The molecule has 1 aliphatic carbocycles. The number of likely N-dealkylation sites (N-methyl/N-ethyl adjacent to an activating group) is 1. The van der Waals surface area contributed by atoms with Crippen molar-refractivity contribution in [3.63, 3.8) is 0 Å². The SMILES string of the molecule is CSc1c(N2CCN(C)CC2C)sc(C(=O)C2CC2)c1N. The number of nitrogens with zero attached hydrogens (tertiary/aromatic N) is 2. The predicted molar refractivity (Wildman–Crippen MR) is 91.9 cm³/mol. The second-order valence-corrected chi connectivity index (χ2v) is 7.94. The molecule has 4 nitrogen and oxygen atoms in total. The number of thiophene rings is 1. The van der Waals surface area contributed by atoms with Crippen molar-refractivity contribution in [3.8, 4) is 0 Å². The smallest absolute Gasteiger partial charge is 0.178 e. The first-order valence-electron chi connectivity index (χ1n) is 7.48. The fourth-order valence-electron chi connectivity index (χ4n) is 2.96. The number of hydrogen-bond donors (Lipinski definition) is 1. The first kappa shape index (κ1) is 15.2. The molecule has 3 rings (SSSR count). The van der Waals surface area contributed by atoms with Crippen LogP contribution in [0.2, 0.25) is 0 Å². The minimum atomic E-state index is 0.235. The van der Waals surface area contributed by atoms with E-state index in [4.69, 9.17) is 5.73 Å². The molecule has 1 aromatic heterocycles. The molecule has 1 saturated heterocycles. The van der Waals surface area contributed by atoms with E-state index >= 15 is 0 Å². The molecule has 0 bridgehead atoms. The van der Waals surface area contributed by atoms with E-state index in [1.165, 1.54) is 5.00 Å². The van der Waals surface area contributed by atoms with E-state index in [1.54, 1.807) is 23.1 Å². The normalized spacial score (nSPS) is 23.6. The molecule has 0 aromatic carbocycles. The van der Waals surface area contributed by atoms with Crippen molar-refractivity contribution in [1.82, 2.24) is 4.90 Å². The van der Waals surface area contributed by atoms with Crippen molar-refractivity contribution in [1.29, 1.82) is 0 Å². The molecule has 116 valence electrons. The molecule has 2 aliphatic rings. The maximum absolute atomic E-state index is 12.4. The summed E-state index contributed by atoms with van der Waals surface area (Å²) in [4.78, 5) is 19.1. The lowest BCUT2D eigenvalue weighted by molar-refractivity contribution is 0.0972. The van der Waals surface area contributed by atoms with Crippen LogP contribution in [0.5, 0.6) is 0 Å². The Balaban J connectivity index is 1.94. The van der Waals surface area contributed by atoms with Gasteiger partial charge in [-0.05, 0) is 33.1 Å². The van der Waals surface area contributed by atoms with Gasteiger partial charge in [0.05, 0.1) is 15.5 Å². The summed E-state index contributed by atoms with van der Waals surface area (Å²) in [6.45, 7) is 5.36. The highest BCUT2D eigenvalue weighted by Crippen LogP contribution is 2.47. The van der Waals surface area contributed by atoms with Crippen LogP contribution >= 0.6 is 23.1 Å². The Labute approximate surface area is 134 Å². The maximum atomic E-state index is 12.4. The zero-order valence-corrected chi connectivity index (χ0v) is 14.5. The lowest BCUT2D eigenvalue weighted by Gasteiger charge is -2.39. The van der Waals surface area contributed by atoms with Crippen LogP contribution in [0.25, 0.3) is 0 Å². The summed E-state index contributed by atoms with van der Waals surface area (Å²) in [5.74, 6) is 0.499. The van der Waals surface area contributed by atoms with Gasteiger partial charge >= 0.3 is 0 Å². The van der Waals surface area contributed by atoms with E-state index in [1.807, 2.05) is 6.26 Å². The summed E-state index contributed by atoms with van der Waals surface area (Å²) in [5, 5.41) is 1.20. The van der Waals surface area contributed by atoms with Crippen LogP contribution in [0.3, 0.4) is 0 Å². The number of Topliss-reactive ketones (excluding diaryl/α,β-unsaturated/α-hetero) is 1. The van der Waals surface area contributed by atoms with Gasteiger partial charge in [0.25, 0.3) is 0 Å². The number of carbonyl (C=O) groups is 1. The van der Waals surface area contributed by atoms with Gasteiger partial charge in [0.1, 0.15) is 5.00 Å². The quantitative estimate of drug-likeness (QED) is 0.681. The number of ketones is 1. The molecule has 21 heavy (non-hydrogen) atoms. The van der Waals surface area contributed by atoms with Gasteiger partial charge < -0.3 is 15.5 Å². The van der Waals surface area contributed by atoms with E-state index in [-0.39, 0.29) is 11.7 Å². The molecular formula is C15H23N3OS2. The van der Waals surface area contributed by atoms with Crippen molar-refractivity contribution in [2.45, 2.75) is 30.7 Å².